The number of hydrogen-bond acceptors (Lipinski definition) is 2. The first-order chi connectivity index (χ1) is 11.7. The van der Waals surface area contributed by atoms with Gasteiger partial charge in [0.1, 0.15) is 5.75 Å². The van der Waals surface area contributed by atoms with Gasteiger partial charge in [0.25, 0.3) is 0 Å². The summed E-state index contributed by atoms with van der Waals surface area (Å²) in [7, 11) is 1.63. The molecule has 3 N–H and O–H groups in total. The molecule has 2 amide bonds. The van der Waals surface area contributed by atoms with Crippen LogP contribution in [0.25, 0.3) is 0 Å². The number of anilines is 1. The normalized spacial score (nSPS) is 28.7. The quantitative estimate of drug-likeness (QED) is 0.723. The highest BCUT2D eigenvalue weighted by Gasteiger charge is 2.41. The Morgan fingerprint density at radius 1 is 1.29 bits per heavy atom. The van der Waals surface area contributed by atoms with Crippen molar-refractivity contribution < 1.29 is 14.4 Å². The van der Waals surface area contributed by atoms with Crippen molar-refractivity contribution in [3.05, 3.63) is 36.9 Å². The van der Waals surface area contributed by atoms with Crippen LogP contribution in [0.4, 0.5) is 10.5 Å². The molecule has 2 aliphatic rings. The molecule has 0 aliphatic carbocycles. The molecule has 2 aliphatic heterocycles. The Balaban J connectivity index is 1.54. The molecular weight excluding hydrogens is 302 g/mol. The Kier molecular flexibility index (Phi) is 5.41. The molecule has 2 heterocycles. The molecule has 0 saturated carbocycles. The lowest BCUT2D eigenvalue weighted by Gasteiger charge is -2.45. The summed E-state index contributed by atoms with van der Waals surface area (Å²) in [6.45, 7) is 4.94. The smallest absolute Gasteiger partial charge is 0.319 e. The van der Waals surface area contributed by atoms with Gasteiger partial charge in [0.05, 0.1) is 25.7 Å². The Labute approximate surface area is 144 Å². The van der Waals surface area contributed by atoms with Crippen LogP contribution < -0.4 is 20.3 Å². The number of quaternary nitrogens is 1. The highest BCUT2D eigenvalue weighted by Crippen LogP contribution is 2.22. The molecule has 0 aromatic heterocycles. The monoisotopic (exact) mass is 330 g/mol. The average molecular weight is 330 g/mol. The molecule has 1 aromatic carbocycles. The summed E-state index contributed by atoms with van der Waals surface area (Å²) in [5, 5.41) is 6.08. The van der Waals surface area contributed by atoms with E-state index >= 15 is 0 Å². The summed E-state index contributed by atoms with van der Waals surface area (Å²) in [6.07, 6.45) is 8.01. The molecule has 130 valence electrons. The van der Waals surface area contributed by atoms with E-state index in [0.717, 1.165) is 30.8 Å². The van der Waals surface area contributed by atoms with Crippen molar-refractivity contribution in [2.75, 3.05) is 19.0 Å². The molecule has 24 heavy (non-hydrogen) atoms. The predicted molar refractivity (Wildman–Crippen MR) is 95.6 cm³/mol. The lowest BCUT2D eigenvalue weighted by Crippen LogP contribution is -3.21. The van der Waals surface area contributed by atoms with Crippen LogP contribution in [0.1, 0.15) is 32.1 Å². The van der Waals surface area contributed by atoms with Gasteiger partial charge in [-0.1, -0.05) is 6.58 Å². The zero-order chi connectivity index (χ0) is 16.9. The molecule has 5 heteroatoms. The molecule has 0 unspecified atom stereocenters. The fourth-order valence-electron chi connectivity index (χ4n) is 4.28. The van der Waals surface area contributed by atoms with E-state index < -0.39 is 0 Å². The van der Waals surface area contributed by atoms with E-state index in [-0.39, 0.29) is 12.1 Å². The Morgan fingerprint density at radius 3 is 2.54 bits per heavy atom. The van der Waals surface area contributed by atoms with Crippen LogP contribution in [-0.4, -0.2) is 37.8 Å². The molecule has 0 radical (unpaired) electrons. The lowest BCUT2D eigenvalue weighted by molar-refractivity contribution is -0.955. The summed E-state index contributed by atoms with van der Waals surface area (Å²) in [6, 6.07) is 8.86. The van der Waals surface area contributed by atoms with Crippen molar-refractivity contribution in [3.63, 3.8) is 0 Å². The summed E-state index contributed by atoms with van der Waals surface area (Å²) in [5.41, 5.74) is 0.781. The zero-order valence-electron chi connectivity index (χ0n) is 14.4. The number of piperidine rings is 2. The second kappa shape index (κ2) is 7.71. The third-order valence-electron chi connectivity index (χ3n) is 5.36. The van der Waals surface area contributed by atoms with Gasteiger partial charge in [0.15, 0.2) is 0 Å². The maximum absolute atomic E-state index is 12.3. The van der Waals surface area contributed by atoms with Crippen LogP contribution in [0.5, 0.6) is 5.75 Å². The molecule has 5 nitrogen and oxygen atoms in total. The van der Waals surface area contributed by atoms with E-state index in [1.165, 1.54) is 19.3 Å². The number of carbonyl (C=O) groups is 1. The predicted octanol–water partition coefficient (Wildman–Crippen LogP) is 1.97. The van der Waals surface area contributed by atoms with Crippen LogP contribution >= 0.6 is 0 Å². The first kappa shape index (κ1) is 16.8. The Bertz CT molecular complexity index is 558. The number of ether oxygens (including phenoxy) is 1. The van der Waals surface area contributed by atoms with Gasteiger partial charge < -0.3 is 20.3 Å². The van der Waals surface area contributed by atoms with Crippen LogP contribution in [-0.2, 0) is 0 Å². The minimum absolute atomic E-state index is 0.115. The van der Waals surface area contributed by atoms with Crippen molar-refractivity contribution in [3.8, 4) is 5.75 Å². The van der Waals surface area contributed by atoms with Crippen molar-refractivity contribution in [1.29, 1.82) is 0 Å². The molecule has 2 fully saturated rings. The third-order valence-corrected chi connectivity index (χ3v) is 5.36. The van der Waals surface area contributed by atoms with E-state index in [1.807, 2.05) is 30.3 Å². The van der Waals surface area contributed by atoms with Crippen molar-refractivity contribution in [2.45, 2.75) is 50.2 Å². The maximum atomic E-state index is 12.3. The maximum Gasteiger partial charge on any atom is 0.319 e. The third kappa shape index (κ3) is 3.90. The molecule has 1 aromatic rings. The molecule has 0 spiro atoms. The zero-order valence-corrected chi connectivity index (χ0v) is 14.4. The minimum Gasteiger partial charge on any atom is -0.497 e. The van der Waals surface area contributed by atoms with Crippen LogP contribution in [0, 0.1) is 0 Å². The number of hydrogen-bond donors (Lipinski definition) is 3. The fraction of sp³-hybridized carbons (Fsp3) is 0.526. The van der Waals surface area contributed by atoms with Gasteiger partial charge in [0, 0.05) is 24.6 Å². The van der Waals surface area contributed by atoms with Gasteiger partial charge in [-0.15, -0.1) is 0 Å². The first-order valence-electron chi connectivity index (χ1n) is 8.87. The second-order valence-corrected chi connectivity index (χ2v) is 6.89. The summed E-state index contributed by atoms with van der Waals surface area (Å²) >= 11 is 0. The van der Waals surface area contributed by atoms with Gasteiger partial charge in [-0.2, -0.15) is 0 Å². The number of nitrogens with one attached hydrogen (secondary N) is 3. The number of fused-ring (bicyclic) bond motifs is 2. The van der Waals surface area contributed by atoms with E-state index in [1.54, 1.807) is 12.0 Å². The summed E-state index contributed by atoms with van der Waals surface area (Å²) in [5.74, 6) is 0.784. The number of rotatable bonds is 5. The lowest BCUT2D eigenvalue weighted by atomic mass is 9.82. The van der Waals surface area contributed by atoms with Crippen LogP contribution in [0.3, 0.4) is 0 Å². The van der Waals surface area contributed by atoms with Crippen LogP contribution in [0.2, 0.25) is 0 Å². The van der Waals surface area contributed by atoms with Crippen molar-refractivity contribution in [2.24, 2.45) is 0 Å². The van der Waals surface area contributed by atoms with Crippen molar-refractivity contribution in [1.82, 2.24) is 5.32 Å². The molecular formula is C19H28N3O2+. The largest absolute Gasteiger partial charge is 0.497 e. The highest BCUT2D eigenvalue weighted by atomic mass is 16.5. The van der Waals surface area contributed by atoms with Gasteiger partial charge in [-0.05, 0) is 49.6 Å². The second-order valence-electron chi connectivity index (χ2n) is 6.89. The van der Waals surface area contributed by atoms with Gasteiger partial charge in [0.2, 0.25) is 0 Å². The SMILES string of the molecule is C=CC[NH+]1[C@@H]2CCC[C@@H]1CC(NC(=O)Nc1ccc(OC)cc1)C2. The van der Waals surface area contributed by atoms with E-state index in [9.17, 15) is 4.79 Å². The molecule has 2 atom stereocenters. The first-order valence-corrected chi connectivity index (χ1v) is 8.87. The van der Waals surface area contributed by atoms with Crippen LogP contribution in [0.15, 0.2) is 36.9 Å². The summed E-state index contributed by atoms with van der Waals surface area (Å²) < 4.78 is 5.13. The van der Waals surface area contributed by atoms with Gasteiger partial charge in [-0.25, -0.2) is 4.79 Å². The summed E-state index contributed by atoms with van der Waals surface area (Å²) in [4.78, 5) is 14.0. The van der Waals surface area contributed by atoms with Crippen molar-refractivity contribution >= 4 is 11.7 Å². The standard InChI is InChI=1S/C19H27N3O2/c1-3-11-22-16-5-4-6-17(22)13-15(12-16)21-19(23)20-14-7-9-18(24-2)10-8-14/h3,7-10,15-17H,1,4-6,11-13H2,2H3,(H2,20,21,23)/p+1/t16-,17-/m1/s1. The Hall–Kier alpha value is -2.01. The highest BCUT2D eigenvalue weighted by molar-refractivity contribution is 5.89. The average Bonchev–Trinajstić information content (AvgIpc) is 2.56. The minimum atomic E-state index is -0.115. The Morgan fingerprint density at radius 2 is 1.96 bits per heavy atom. The number of benzene rings is 1. The molecule has 3 rings (SSSR count). The van der Waals surface area contributed by atoms with Gasteiger partial charge in [-0.3, -0.25) is 0 Å². The number of carbonyl (C=O) groups excluding carboxylic acids is 1. The van der Waals surface area contributed by atoms with E-state index in [2.05, 4.69) is 17.2 Å². The number of urea groups is 1. The molecule has 2 bridgehead atoms. The van der Waals surface area contributed by atoms with E-state index in [0.29, 0.717) is 12.1 Å². The van der Waals surface area contributed by atoms with E-state index in [4.69, 9.17) is 4.74 Å². The fourth-order valence-corrected chi connectivity index (χ4v) is 4.28. The topological polar surface area (TPSA) is 54.8 Å². The number of amides is 2. The number of methoxy groups -OCH3 is 1. The van der Waals surface area contributed by atoms with Gasteiger partial charge >= 0.3 is 6.03 Å². The molecule has 2 saturated heterocycles.